The molecule has 2 nitrogen and oxygen atoms in total. The first-order valence-corrected chi connectivity index (χ1v) is 7.85. The largest absolute Gasteiger partial charge is 0.308 e. The molecule has 2 atom stereocenters. The van der Waals surface area contributed by atoms with Gasteiger partial charge in [0.05, 0.1) is 6.04 Å². The Morgan fingerprint density at radius 3 is 2.43 bits per heavy atom. The van der Waals surface area contributed by atoms with Gasteiger partial charge in [-0.2, -0.15) is 0 Å². The van der Waals surface area contributed by atoms with Crippen LogP contribution in [0.25, 0.3) is 0 Å². The Balaban J connectivity index is 1.76. The minimum atomic E-state index is 0.0927. The van der Waals surface area contributed by atoms with E-state index >= 15 is 0 Å². The van der Waals surface area contributed by atoms with Gasteiger partial charge in [0.1, 0.15) is 0 Å². The highest BCUT2D eigenvalue weighted by atomic mass is 15.1. The van der Waals surface area contributed by atoms with Crippen molar-refractivity contribution < 1.29 is 0 Å². The standard InChI is InChI=1S/C19H24N2/c1-19(21-15-16-9-4-2-5-10-16)13-8-14-20-18(19)17-11-6-3-7-12-17/h2-7,9-12,18,20-21H,8,13-15H2,1H3. The van der Waals surface area contributed by atoms with E-state index in [9.17, 15) is 0 Å². The van der Waals surface area contributed by atoms with E-state index in [2.05, 4.69) is 78.2 Å². The normalized spacial score (nSPS) is 25.7. The molecule has 0 radical (unpaired) electrons. The van der Waals surface area contributed by atoms with Gasteiger partial charge in [0.2, 0.25) is 0 Å². The van der Waals surface area contributed by atoms with Crippen molar-refractivity contribution in [3.05, 3.63) is 71.8 Å². The van der Waals surface area contributed by atoms with Crippen LogP contribution in [0.1, 0.15) is 36.9 Å². The lowest BCUT2D eigenvalue weighted by atomic mass is 9.80. The highest BCUT2D eigenvalue weighted by Crippen LogP contribution is 2.33. The van der Waals surface area contributed by atoms with Crippen LogP contribution in [-0.2, 0) is 6.54 Å². The van der Waals surface area contributed by atoms with Crippen molar-refractivity contribution in [3.8, 4) is 0 Å². The predicted molar refractivity (Wildman–Crippen MR) is 88.1 cm³/mol. The van der Waals surface area contributed by atoms with Crippen molar-refractivity contribution in [1.29, 1.82) is 0 Å². The third kappa shape index (κ3) is 3.34. The fourth-order valence-electron chi connectivity index (χ4n) is 3.29. The molecule has 0 aromatic heterocycles. The molecule has 0 bridgehead atoms. The molecule has 1 aliphatic rings. The second-order valence-corrected chi connectivity index (χ2v) is 6.16. The van der Waals surface area contributed by atoms with Gasteiger partial charge >= 0.3 is 0 Å². The van der Waals surface area contributed by atoms with Crippen LogP contribution < -0.4 is 10.6 Å². The monoisotopic (exact) mass is 280 g/mol. The van der Waals surface area contributed by atoms with Crippen LogP contribution in [0, 0.1) is 0 Å². The van der Waals surface area contributed by atoms with E-state index < -0.39 is 0 Å². The maximum atomic E-state index is 3.80. The molecule has 0 amide bonds. The van der Waals surface area contributed by atoms with Gasteiger partial charge in [-0.1, -0.05) is 60.7 Å². The Hall–Kier alpha value is -1.64. The van der Waals surface area contributed by atoms with Gasteiger partial charge in [0.25, 0.3) is 0 Å². The van der Waals surface area contributed by atoms with Gasteiger partial charge in [0.15, 0.2) is 0 Å². The molecule has 2 aromatic carbocycles. The van der Waals surface area contributed by atoms with Crippen molar-refractivity contribution in [2.45, 2.75) is 37.9 Å². The maximum absolute atomic E-state index is 3.80. The van der Waals surface area contributed by atoms with Crippen LogP contribution in [0.15, 0.2) is 60.7 Å². The predicted octanol–water partition coefficient (Wildman–Crippen LogP) is 3.66. The van der Waals surface area contributed by atoms with E-state index in [-0.39, 0.29) is 5.54 Å². The second kappa shape index (κ2) is 6.42. The molecule has 1 aliphatic heterocycles. The zero-order valence-corrected chi connectivity index (χ0v) is 12.7. The summed E-state index contributed by atoms with van der Waals surface area (Å²) < 4.78 is 0. The fourth-order valence-corrected chi connectivity index (χ4v) is 3.29. The lowest BCUT2D eigenvalue weighted by Crippen LogP contribution is -2.55. The van der Waals surface area contributed by atoms with Crippen molar-refractivity contribution in [3.63, 3.8) is 0 Å². The highest BCUT2D eigenvalue weighted by molar-refractivity contribution is 5.24. The number of hydrogen-bond acceptors (Lipinski definition) is 2. The van der Waals surface area contributed by atoms with Crippen LogP contribution in [0.3, 0.4) is 0 Å². The smallest absolute Gasteiger partial charge is 0.0502 e. The molecule has 2 heteroatoms. The molecular formula is C19H24N2. The molecule has 3 rings (SSSR count). The highest BCUT2D eigenvalue weighted by Gasteiger charge is 2.36. The summed E-state index contributed by atoms with van der Waals surface area (Å²) in [5, 5.41) is 7.50. The third-order valence-corrected chi connectivity index (χ3v) is 4.53. The SMILES string of the molecule is CC1(NCc2ccccc2)CCCNC1c1ccccc1. The van der Waals surface area contributed by atoms with E-state index in [4.69, 9.17) is 0 Å². The molecule has 0 aliphatic carbocycles. The minimum Gasteiger partial charge on any atom is -0.308 e. The second-order valence-electron chi connectivity index (χ2n) is 6.16. The molecule has 2 N–H and O–H groups in total. The number of piperidine rings is 1. The summed E-state index contributed by atoms with van der Waals surface area (Å²) in [5.74, 6) is 0. The number of hydrogen-bond donors (Lipinski definition) is 2. The molecule has 0 saturated carbocycles. The third-order valence-electron chi connectivity index (χ3n) is 4.53. The quantitative estimate of drug-likeness (QED) is 0.893. The summed E-state index contributed by atoms with van der Waals surface area (Å²) >= 11 is 0. The van der Waals surface area contributed by atoms with E-state index in [0.29, 0.717) is 6.04 Å². The summed E-state index contributed by atoms with van der Waals surface area (Å²) in [5.41, 5.74) is 2.81. The van der Waals surface area contributed by atoms with Crippen LogP contribution in [-0.4, -0.2) is 12.1 Å². The van der Waals surface area contributed by atoms with Crippen LogP contribution in [0.2, 0.25) is 0 Å². The van der Waals surface area contributed by atoms with Crippen molar-refractivity contribution in [2.24, 2.45) is 0 Å². The van der Waals surface area contributed by atoms with E-state index in [1.165, 1.54) is 24.0 Å². The van der Waals surface area contributed by atoms with Crippen molar-refractivity contribution in [1.82, 2.24) is 10.6 Å². The molecule has 1 saturated heterocycles. The van der Waals surface area contributed by atoms with E-state index in [1.807, 2.05) is 0 Å². The maximum Gasteiger partial charge on any atom is 0.0502 e. The Morgan fingerprint density at radius 2 is 1.71 bits per heavy atom. The fraction of sp³-hybridized carbons (Fsp3) is 0.368. The van der Waals surface area contributed by atoms with Gasteiger partial charge < -0.3 is 10.6 Å². The molecular weight excluding hydrogens is 256 g/mol. The zero-order valence-electron chi connectivity index (χ0n) is 12.7. The molecule has 2 unspecified atom stereocenters. The molecule has 0 spiro atoms. The number of benzene rings is 2. The van der Waals surface area contributed by atoms with E-state index in [0.717, 1.165) is 13.1 Å². The summed E-state index contributed by atoms with van der Waals surface area (Å²) in [7, 11) is 0. The van der Waals surface area contributed by atoms with Gasteiger partial charge in [-0.05, 0) is 37.4 Å². The molecule has 1 heterocycles. The summed E-state index contributed by atoms with van der Waals surface area (Å²) in [6, 6.07) is 21.8. The van der Waals surface area contributed by atoms with Gasteiger partial charge in [-0.25, -0.2) is 0 Å². The first kappa shape index (κ1) is 14.3. The van der Waals surface area contributed by atoms with Gasteiger partial charge in [-0.15, -0.1) is 0 Å². The Morgan fingerprint density at radius 1 is 1.05 bits per heavy atom. The lowest BCUT2D eigenvalue weighted by Gasteiger charge is -2.43. The van der Waals surface area contributed by atoms with Crippen molar-refractivity contribution >= 4 is 0 Å². The average molecular weight is 280 g/mol. The Bertz CT molecular complexity index is 552. The lowest BCUT2D eigenvalue weighted by molar-refractivity contribution is 0.196. The number of rotatable bonds is 4. The average Bonchev–Trinajstić information content (AvgIpc) is 2.55. The summed E-state index contributed by atoms with van der Waals surface area (Å²) in [6.45, 7) is 4.37. The minimum absolute atomic E-state index is 0.0927. The van der Waals surface area contributed by atoms with Crippen LogP contribution in [0.4, 0.5) is 0 Å². The van der Waals surface area contributed by atoms with Crippen LogP contribution >= 0.6 is 0 Å². The topological polar surface area (TPSA) is 24.1 Å². The molecule has 1 fully saturated rings. The van der Waals surface area contributed by atoms with Gasteiger partial charge in [0, 0.05) is 12.1 Å². The summed E-state index contributed by atoms with van der Waals surface area (Å²) in [6.07, 6.45) is 2.42. The first-order valence-electron chi connectivity index (χ1n) is 7.85. The Labute approximate surface area is 127 Å². The molecule has 21 heavy (non-hydrogen) atoms. The summed E-state index contributed by atoms with van der Waals surface area (Å²) in [4.78, 5) is 0. The first-order chi connectivity index (χ1) is 10.3. The van der Waals surface area contributed by atoms with Crippen LogP contribution in [0.5, 0.6) is 0 Å². The van der Waals surface area contributed by atoms with Gasteiger partial charge in [-0.3, -0.25) is 0 Å². The molecule has 2 aromatic rings. The van der Waals surface area contributed by atoms with Crippen molar-refractivity contribution in [2.75, 3.05) is 6.54 Å². The number of nitrogens with one attached hydrogen (secondary N) is 2. The van der Waals surface area contributed by atoms with E-state index in [1.54, 1.807) is 0 Å². The zero-order chi connectivity index (χ0) is 14.5. The molecule has 110 valence electrons. The Kier molecular flexibility index (Phi) is 4.37.